The molecule has 2 N–H and O–H groups in total. The lowest BCUT2D eigenvalue weighted by Crippen LogP contribution is -2.39. The van der Waals surface area contributed by atoms with Crippen molar-refractivity contribution >= 4 is 17.4 Å². The standard InChI is InChI=1S/C26H30FN5O/c1-19-5-2-3-17-32(19)18-4-15-29-26(33)21-8-12-23(13-9-21)30-24-14-16-28-25(31-24)20-6-10-22(27)11-7-20/h6-14,16,19H,2-5,15,17-18H2,1H3,(H,29,33)(H,28,30,31). The first kappa shape index (κ1) is 22.9. The van der Waals surface area contributed by atoms with E-state index in [0.29, 0.717) is 29.8 Å². The fourth-order valence-electron chi connectivity index (χ4n) is 4.10. The second-order valence-electron chi connectivity index (χ2n) is 8.46. The maximum Gasteiger partial charge on any atom is 0.251 e. The average molecular weight is 448 g/mol. The number of likely N-dealkylation sites (tertiary alicyclic amines) is 1. The van der Waals surface area contributed by atoms with E-state index in [2.05, 4.69) is 32.4 Å². The molecule has 0 spiro atoms. The number of carbonyl (C=O) groups is 1. The molecule has 2 heterocycles. The molecule has 3 aromatic rings. The van der Waals surface area contributed by atoms with Crippen molar-refractivity contribution in [2.75, 3.05) is 25.0 Å². The molecule has 1 aliphatic heterocycles. The molecule has 7 heteroatoms. The van der Waals surface area contributed by atoms with Gasteiger partial charge in [0.1, 0.15) is 11.6 Å². The Bertz CT molecular complexity index is 1060. The third kappa shape index (κ3) is 6.35. The Hall–Kier alpha value is -3.32. The molecule has 1 saturated heterocycles. The molecule has 0 saturated carbocycles. The predicted octanol–water partition coefficient (Wildman–Crippen LogP) is 5.02. The summed E-state index contributed by atoms with van der Waals surface area (Å²) in [5.41, 5.74) is 2.18. The maximum absolute atomic E-state index is 13.2. The Labute approximate surface area is 194 Å². The maximum atomic E-state index is 13.2. The summed E-state index contributed by atoms with van der Waals surface area (Å²) in [5, 5.41) is 6.24. The first-order chi connectivity index (χ1) is 16.1. The number of amides is 1. The Balaban J connectivity index is 1.28. The molecule has 0 radical (unpaired) electrons. The first-order valence-corrected chi connectivity index (χ1v) is 11.6. The van der Waals surface area contributed by atoms with Crippen molar-refractivity contribution in [2.45, 2.75) is 38.6 Å². The molecule has 1 unspecified atom stereocenters. The lowest BCUT2D eigenvalue weighted by Gasteiger charge is -2.33. The quantitative estimate of drug-likeness (QED) is 0.475. The van der Waals surface area contributed by atoms with Crippen LogP contribution >= 0.6 is 0 Å². The fraction of sp³-hybridized carbons (Fsp3) is 0.346. The van der Waals surface area contributed by atoms with Crippen LogP contribution in [0.3, 0.4) is 0 Å². The van der Waals surface area contributed by atoms with Crippen molar-refractivity contribution in [1.82, 2.24) is 20.2 Å². The molecule has 1 aliphatic rings. The average Bonchev–Trinajstić information content (AvgIpc) is 2.84. The van der Waals surface area contributed by atoms with Crippen LogP contribution in [-0.2, 0) is 0 Å². The highest BCUT2D eigenvalue weighted by Crippen LogP contribution is 2.20. The SMILES string of the molecule is CC1CCCCN1CCCNC(=O)c1ccc(Nc2ccnc(-c3ccc(F)cc3)n2)cc1. The van der Waals surface area contributed by atoms with E-state index < -0.39 is 0 Å². The number of hydrogen-bond donors (Lipinski definition) is 2. The van der Waals surface area contributed by atoms with Gasteiger partial charge in [0.15, 0.2) is 5.82 Å². The van der Waals surface area contributed by atoms with E-state index in [1.807, 2.05) is 12.1 Å². The summed E-state index contributed by atoms with van der Waals surface area (Å²) in [6.45, 7) is 5.16. The Morgan fingerprint density at radius 2 is 1.88 bits per heavy atom. The molecule has 1 amide bonds. The molecule has 1 aromatic heterocycles. The van der Waals surface area contributed by atoms with E-state index in [9.17, 15) is 9.18 Å². The van der Waals surface area contributed by atoms with Gasteiger partial charge in [-0.25, -0.2) is 14.4 Å². The monoisotopic (exact) mass is 447 g/mol. The van der Waals surface area contributed by atoms with Gasteiger partial charge in [-0.2, -0.15) is 0 Å². The van der Waals surface area contributed by atoms with Crippen LogP contribution in [0.15, 0.2) is 60.8 Å². The Morgan fingerprint density at radius 3 is 2.64 bits per heavy atom. The van der Waals surface area contributed by atoms with Crippen LogP contribution in [0.1, 0.15) is 43.0 Å². The number of carbonyl (C=O) groups excluding carboxylic acids is 1. The van der Waals surface area contributed by atoms with Crippen LogP contribution in [0.4, 0.5) is 15.9 Å². The van der Waals surface area contributed by atoms with Crippen molar-refractivity contribution in [3.63, 3.8) is 0 Å². The van der Waals surface area contributed by atoms with Crippen LogP contribution in [0.2, 0.25) is 0 Å². The van der Waals surface area contributed by atoms with Crippen molar-refractivity contribution in [3.8, 4) is 11.4 Å². The number of halogens is 1. The van der Waals surface area contributed by atoms with E-state index in [1.165, 1.54) is 37.9 Å². The van der Waals surface area contributed by atoms with Gasteiger partial charge in [0.25, 0.3) is 5.91 Å². The molecule has 4 rings (SSSR count). The molecule has 6 nitrogen and oxygen atoms in total. The molecule has 1 fully saturated rings. The van der Waals surface area contributed by atoms with Gasteiger partial charge in [0.2, 0.25) is 0 Å². The lowest BCUT2D eigenvalue weighted by atomic mass is 10.0. The van der Waals surface area contributed by atoms with Gasteiger partial charge in [-0.15, -0.1) is 0 Å². The van der Waals surface area contributed by atoms with Gasteiger partial charge in [0.05, 0.1) is 0 Å². The molecule has 33 heavy (non-hydrogen) atoms. The van der Waals surface area contributed by atoms with Gasteiger partial charge in [-0.1, -0.05) is 6.42 Å². The minimum Gasteiger partial charge on any atom is -0.352 e. The summed E-state index contributed by atoms with van der Waals surface area (Å²) in [6.07, 6.45) is 6.49. The number of piperidine rings is 1. The zero-order valence-corrected chi connectivity index (χ0v) is 18.9. The summed E-state index contributed by atoms with van der Waals surface area (Å²) < 4.78 is 13.2. The minimum atomic E-state index is -0.297. The zero-order chi connectivity index (χ0) is 23.0. The summed E-state index contributed by atoms with van der Waals surface area (Å²) in [6, 6.07) is 15.8. The van der Waals surface area contributed by atoms with Crippen LogP contribution in [0.25, 0.3) is 11.4 Å². The van der Waals surface area contributed by atoms with E-state index in [1.54, 1.807) is 36.5 Å². The van der Waals surface area contributed by atoms with E-state index in [-0.39, 0.29) is 11.7 Å². The van der Waals surface area contributed by atoms with Crippen molar-refractivity contribution in [2.24, 2.45) is 0 Å². The third-order valence-electron chi connectivity index (χ3n) is 6.03. The summed E-state index contributed by atoms with van der Waals surface area (Å²) in [5.74, 6) is 0.769. The summed E-state index contributed by atoms with van der Waals surface area (Å²) >= 11 is 0. The number of nitrogens with one attached hydrogen (secondary N) is 2. The molecule has 0 bridgehead atoms. The zero-order valence-electron chi connectivity index (χ0n) is 18.9. The minimum absolute atomic E-state index is 0.0612. The smallest absolute Gasteiger partial charge is 0.251 e. The van der Waals surface area contributed by atoms with Gasteiger partial charge in [-0.3, -0.25) is 4.79 Å². The molecular weight excluding hydrogens is 417 g/mol. The third-order valence-corrected chi connectivity index (χ3v) is 6.03. The van der Waals surface area contributed by atoms with Gasteiger partial charge < -0.3 is 15.5 Å². The normalized spacial score (nSPS) is 16.4. The van der Waals surface area contributed by atoms with Crippen molar-refractivity contribution < 1.29 is 9.18 Å². The largest absolute Gasteiger partial charge is 0.352 e. The molecule has 1 atom stereocenters. The lowest BCUT2D eigenvalue weighted by molar-refractivity contribution is 0.0949. The van der Waals surface area contributed by atoms with Crippen molar-refractivity contribution in [1.29, 1.82) is 0 Å². The van der Waals surface area contributed by atoms with E-state index in [0.717, 1.165) is 24.2 Å². The van der Waals surface area contributed by atoms with Crippen LogP contribution in [0, 0.1) is 5.82 Å². The topological polar surface area (TPSA) is 70.2 Å². The van der Waals surface area contributed by atoms with Gasteiger partial charge in [-0.05, 0) is 87.3 Å². The summed E-state index contributed by atoms with van der Waals surface area (Å²) in [4.78, 5) is 23.7. The number of hydrogen-bond acceptors (Lipinski definition) is 5. The highest BCUT2D eigenvalue weighted by atomic mass is 19.1. The predicted molar refractivity (Wildman–Crippen MR) is 129 cm³/mol. The number of benzene rings is 2. The molecule has 172 valence electrons. The Morgan fingerprint density at radius 1 is 1.09 bits per heavy atom. The Kier molecular flexibility index (Phi) is 7.62. The first-order valence-electron chi connectivity index (χ1n) is 11.6. The van der Waals surface area contributed by atoms with Gasteiger partial charge >= 0.3 is 0 Å². The van der Waals surface area contributed by atoms with Gasteiger partial charge in [0, 0.05) is 42.1 Å². The second kappa shape index (κ2) is 11.0. The number of nitrogens with zero attached hydrogens (tertiary/aromatic N) is 3. The molecule has 0 aliphatic carbocycles. The molecule has 2 aromatic carbocycles. The van der Waals surface area contributed by atoms with E-state index in [4.69, 9.17) is 0 Å². The highest BCUT2D eigenvalue weighted by molar-refractivity contribution is 5.94. The number of rotatable bonds is 8. The van der Waals surface area contributed by atoms with Crippen molar-refractivity contribution in [3.05, 3.63) is 72.2 Å². The van der Waals surface area contributed by atoms with Crippen LogP contribution in [-0.4, -0.2) is 46.5 Å². The summed E-state index contributed by atoms with van der Waals surface area (Å²) in [7, 11) is 0. The second-order valence-corrected chi connectivity index (χ2v) is 8.46. The number of aromatic nitrogens is 2. The molecular formula is C26H30FN5O. The van der Waals surface area contributed by atoms with Crippen LogP contribution < -0.4 is 10.6 Å². The highest BCUT2D eigenvalue weighted by Gasteiger charge is 2.17. The van der Waals surface area contributed by atoms with E-state index >= 15 is 0 Å². The number of anilines is 2. The fourth-order valence-corrected chi connectivity index (χ4v) is 4.10. The van der Waals surface area contributed by atoms with Crippen LogP contribution in [0.5, 0.6) is 0 Å².